The van der Waals surface area contributed by atoms with E-state index < -0.39 is 0 Å². The van der Waals surface area contributed by atoms with Gasteiger partial charge in [-0.05, 0) is 23.6 Å². The number of nitrogens with zero attached hydrogens (tertiary/aromatic N) is 2. The average molecular weight is 299 g/mol. The van der Waals surface area contributed by atoms with Crippen molar-refractivity contribution in [2.45, 2.75) is 12.6 Å². The molecule has 1 aliphatic rings. The zero-order chi connectivity index (χ0) is 14.1. The Morgan fingerprint density at radius 2 is 2.29 bits per heavy atom. The van der Waals surface area contributed by atoms with E-state index in [1.54, 1.807) is 0 Å². The Hall–Kier alpha value is -1.69. The molecule has 3 heterocycles. The van der Waals surface area contributed by atoms with Gasteiger partial charge in [0, 0.05) is 28.9 Å². The molecule has 1 N–H and O–H groups in total. The highest BCUT2D eigenvalue weighted by Gasteiger charge is 2.26. The summed E-state index contributed by atoms with van der Waals surface area (Å²) in [5, 5.41) is 8.49. The summed E-state index contributed by atoms with van der Waals surface area (Å²) in [6.45, 7) is 3.45. The van der Waals surface area contributed by atoms with Crippen molar-refractivity contribution >= 4 is 21.4 Å². The van der Waals surface area contributed by atoms with E-state index in [4.69, 9.17) is 4.74 Å². The molecule has 1 aliphatic heterocycles. The highest BCUT2D eigenvalue weighted by atomic mass is 32.1. The van der Waals surface area contributed by atoms with Crippen LogP contribution in [-0.4, -0.2) is 34.9 Å². The van der Waals surface area contributed by atoms with E-state index in [0.717, 1.165) is 32.0 Å². The summed E-state index contributed by atoms with van der Waals surface area (Å²) in [4.78, 5) is 3.88. The fourth-order valence-corrected chi connectivity index (χ4v) is 3.97. The molecule has 2 aromatic heterocycles. The van der Waals surface area contributed by atoms with Gasteiger partial charge in [-0.3, -0.25) is 10.00 Å². The normalized spacial score (nSPS) is 20.1. The highest BCUT2D eigenvalue weighted by molar-refractivity contribution is 7.19. The zero-order valence-electron chi connectivity index (χ0n) is 11.7. The first-order chi connectivity index (χ1) is 10.4. The Morgan fingerprint density at radius 1 is 1.33 bits per heavy atom. The second-order valence-electron chi connectivity index (χ2n) is 5.32. The number of H-pyrrole nitrogens is 1. The van der Waals surface area contributed by atoms with Gasteiger partial charge in [-0.15, -0.1) is 11.3 Å². The van der Waals surface area contributed by atoms with Gasteiger partial charge in [-0.1, -0.05) is 18.2 Å². The van der Waals surface area contributed by atoms with Gasteiger partial charge in [0.05, 0.1) is 24.9 Å². The Balaban J connectivity index is 1.59. The summed E-state index contributed by atoms with van der Waals surface area (Å²) in [6.07, 6.45) is 1.81. The molecule has 3 aromatic rings. The first kappa shape index (κ1) is 13.0. The van der Waals surface area contributed by atoms with Crippen LogP contribution in [0.1, 0.15) is 16.6 Å². The number of hydrogen-bond donors (Lipinski definition) is 1. The topological polar surface area (TPSA) is 41.1 Å². The maximum atomic E-state index is 5.65. The molecule has 4 rings (SSSR count). The van der Waals surface area contributed by atoms with E-state index >= 15 is 0 Å². The van der Waals surface area contributed by atoms with Crippen molar-refractivity contribution < 1.29 is 4.74 Å². The van der Waals surface area contributed by atoms with Gasteiger partial charge in [-0.25, -0.2) is 0 Å². The molecule has 0 radical (unpaired) electrons. The maximum absolute atomic E-state index is 5.65. The lowest BCUT2D eigenvalue weighted by molar-refractivity contribution is -0.0138. The molecule has 1 saturated heterocycles. The third-order valence-corrected chi connectivity index (χ3v) is 5.06. The Labute approximate surface area is 127 Å². The Morgan fingerprint density at radius 3 is 3.14 bits per heavy atom. The SMILES string of the molecule is c1ccc2sc(CN3CCOC[C@H]3c3ccn[nH]3)cc2c1. The van der Waals surface area contributed by atoms with Crippen molar-refractivity contribution in [3.63, 3.8) is 0 Å². The highest BCUT2D eigenvalue weighted by Crippen LogP contribution is 2.30. The van der Waals surface area contributed by atoms with E-state index in [-0.39, 0.29) is 6.04 Å². The van der Waals surface area contributed by atoms with Crippen LogP contribution in [0.5, 0.6) is 0 Å². The fraction of sp³-hybridized carbons (Fsp3) is 0.312. The van der Waals surface area contributed by atoms with Crippen molar-refractivity contribution in [2.24, 2.45) is 0 Å². The standard InChI is InChI=1S/C16H17N3OS/c1-2-4-16-12(3-1)9-13(21-16)10-19-7-8-20-11-15(19)14-5-6-17-18-14/h1-6,9,15H,7-8,10-11H2,(H,17,18)/t15-/m0/s1. The van der Waals surface area contributed by atoms with Crippen molar-refractivity contribution in [2.75, 3.05) is 19.8 Å². The molecule has 0 spiro atoms. The van der Waals surface area contributed by atoms with Gasteiger partial charge >= 0.3 is 0 Å². The number of morpholine rings is 1. The van der Waals surface area contributed by atoms with Crippen LogP contribution in [0.2, 0.25) is 0 Å². The number of benzene rings is 1. The third kappa shape index (κ3) is 2.60. The molecule has 1 aromatic carbocycles. The van der Waals surface area contributed by atoms with Gasteiger partial charge in [0.2, 0.25) is 0 Å². The van der Waals surface area contributed by atoms with Gasteiger partial charge in [0.15, 0.2) is 0 Å². The molecule has 108 valence electrons. The zero-order valence-corrected chi connectivity index (χ0v) is 12.5. The smallest absolute Gasteiger partial charge is 0.0755 e. The van der Waals surface area contributed by atoms with Crippen LogP contribution in [-0.2, 0) is 11.3 Å². The average Bonchev–Trinajstić information content (AvgIpc) is 3.16. The lowest BCUT2D eigenvalue weighted by Gasteiger charge is -2.34. The lowest BCUT2D eigenvalue weighted by atomic mass is 10.1. The van der Waals surface area contributed by atoms with Crippen LogP contribution in [0.3, 0.4) is 0 Å². The molecule has 4 nitrogen and oxygen atoms in total. The third-order valence-electron chi connectivity index (χ3n) is 3.96. The van der Waals surface area contributed by atoms with Crippen LogP contribution in [0.15, 0.2) is 42.6 Å². The Kier molecular flexibility index (Phi) is 3.47. The molecular weight excluding hydrogens is 282 g/mol. The van der Waals surface area contributed by atoms with Gasteiger partial charge in [0.1, 0.15) is 0 Å². The Bertz CT molecular complexity index is 689. The number of rotatable bonds is 3. The predicted octanol–water partition coefficient (Wildman–Crippen LogP) is 3.20. The van der Waals surface area contributed by atoms with Crippen LogP contribution < -0.4 is 0 Å². The number of ether oxygens (including phenoxy) is 1. The summed E-state index contributed by atoms with van der Waals surface area (Å²) >= 11 is 1.88. The van der Waals surface area contributed by atoms with E-state index in [0.29, 0.717) is 0 Å². The molecule has 0 amide bonds. The lowest BCUT2D eigenvalue weighted by Crippen LogP contribution is -2.39. The van der Waals surface area contributed by atoms with Crippen LogP contribution in [0.4, 0.5) is 0 Å². The molecular formula is C16H17N3OS. The summed E-state index contributed by atoms with van der Waals surface area (Å²) < 4.78 is 7.01. The minimum Gasteiger partial charge on any atom is -0.378 e. The molecule has 21 heavy (non-hydrogen) atoms. The van der Waals surface area contributed by atoms with E-state index in [1.165, 1.54) is 15.0 Å². The van der Waals surface area contributed by atoms with Crippen molar-refractivity contribution in [3.05, 3.63) is 53.2 Å². The first-order valence-corrected chi connectivity index (χ1v) is 8.00. The molecule has 0 unspecified atom stereocenters. The van der Waals surface area contributed by atoms with Gasteiger partial charge in [-0.2, -0.15) is 5.10 Å². The summed E-state index contributed by atoms with van der Waals surface area (Å²) in [7, 11) is 0. The molecule has 1 fully saturated rings. The van der Waals surface area contributed by atoms with Crippen LogP contribution >= 0.6 is 11.3 Å². The summed E-state index contributed by atoms with van der Waals surface area (Å²) in [5.41, 5.74) is 1.14. The number of nitrogens with one attached hydrogen (secondary N) is 1. The van der Waals surface area contributed by atoms with E-state index in [2.05, 4.69) is 45.4 Å². The minimum atomic E-state index is 0.270. The van der Waals surface area contributed by atoms with Crippen molar-refractivity contribution in [1.29, 1.82) is 0 Å². The van der Waals surface area contributed by atoms with E-state index in [9.17, 15) is 0 Å². The molecule has 0 bridgehead atoms. The molecule has 0 saturated carbocycles. The fourth-order valence-electron chi connectivity index (χ4n) is 2.88. The maximum Gasteiger partial charge on any atom is 0.0755 e. The molecule has 5 heteroatoms. The second-order valence-corrected chi connectivity index (χ2v) is 6.49. The van der Waals surface area contributed by atoms with E-state index in [1.807, 2.05) is 23.6 Å². The molecule has 1 atom stereocenters. The second kappa shape index (κ2) is 5.60. The number of aromatic amines is 1. The monoisotopic (exact) mass is 299 g/mol. The number of thiophene rings is 1. The van der Waals surface area contributed by atoms with Crippen molar-refractivity contribution in [3.8, 4) is 0 Å². The van der Waals surface area contributed by atoms with Gasteiger partial charge in [0.25, 0.3) is 0 Å². The number of fused-ring (bicyclic) bond motifs is 1. The van der Waals surface area contributed by atoms with Gasteiger partial charge < -0.3 is 4.74 Å². The summed E-state index contributed by atoms with van der Waals surface area (Å²) in [6, 6.07) is 13.2. The first-order valence-electron chi connectivity index (χ1n) is 7.19. The number of aromatic nitrogens is 2. The number of hydrogen-bond acceptors (Lipinski definition) is 4. The minimum absolute atomic E-state index is 0.270. The largest absolute Gasteiger partial charge is 0.378 e. The molecule has 0 aliphatic carbocycles. The van der Waals surface area contributed by atoms with Crippen molar-refractivity contribution in [1.82, 2.24) is 15.1 Å². The van der Waals surface area contributed by atoms with Crippen LogP contribution in [0, 0.1) is 0 Å². The summed E-state index contributed by atoms with van der Waals surface area (Å²) in [5.74, 6) is 0. The quantitative estimate of drug-likeness (QED) is 0.807. The predicted molar refractivity (Wildman–Crippen MR) is 84.4 cm³/mol. The van der Waals surface area contributed by atoms with Crippen LogP contribution in [0.25, 0.3) is 10.1 Å².